The summed E-state index contributed by atoms with van der Waals surface area (Å²) in [5, 5.41) is 12.2. The van der Waals surface area contributed by atoms with E-state index in [1.54, 1.807) is 0 Å². The maximum absolute atomic E-state index is 11.5. The predicted molar refractivity (Wildman–Crippen MR) is 129 cm³/mol. The fourth-order valence-corrected chi connectivity index (χ4v) is 4.78. The van der Waals surface area contributed by atoms with Crippen molar-refractivity contribution in [1.29, 1.82) is 0 Å². The monoisotopic (exact) mass is 452 g/mol. The fourth-order valence-electron chi connectivity index (χ4n) is 4.78. The van der Waals surface area contributed by atoms with E-state index in [0.717, 1.165) is 48.4 Å². The lowest BCUT2D eigenvalue weighted by molar-refractivity contribution is -0.253. The van der Waals surface area contributed by atoms with Crippen LogP contribution in [0.25, 0.3) is 0 Å². The number of carbonyl (C=O) groups is 1. The lowest BCUT2D eigenvalue weighted by atomic mass is 9.99. The van der Waals surface area contributed by atoms with Gasteiger partial charge in [-0.2, -0.15) is 0 Å². The zero-order valence-electron chi connectivity index (χ0n) is 19.5. The van der Waals surface area contributed by atoms with E-state index in [4.69, 9.17) is 9.47 Å². The molecule has 0 aliphatic carbocycles. The first-order valence-corrected chi connectivity index (χ1v) is 12.2. The van der Waals surface area contributed by atoms with Crippen molar-refractivity contribution in [3.8, 4) is 0 Å². The SMILES string of the molecule is CC(=O)Nc1cccc(C2OC(CN3CCCCCCC3)CC(c3ccc(CO)cc3)O2)c1. The van der Waals surface area contributed by atoms with E-state index < -0.39 is 6.29 Å². The fraction of sp³-hybridized carbons (Fsp3) is 0.519. The number of aliphatic hydroxyl groups is 1. The van der Waals surface area contributed by atoms with Crippen molar-refractivity contribution >= 4 is 11.6 Å². The second-order valence-corrected chi connectivity index (χ2v) is 9.23. The molecule has 2 aliphatic heterocycles. The second kappa shape index (κ2) is 11.7. The van der Waals surface area contributed by atoms with Crippen LogP contribution in [0.15, 0.2) is 48.5 Å². The van der Waals surface area contributed by atoms with E-state index in [-0.39, 0.29) is 24.7 Å². The molecule has 6 heteroatoms. The highest BCUT2D eigenvalue weighted by Gasteiger charge is 2.33. The van der Waals surface area contributed by atoms with Crippen LogP contribution < -0.4 is 5.32 Å². The molecule has 2 heterocycles. The summed E-state index contributed by atoms with van der Waals surface area (Å²) < 4.78 is 12.9. The molecular weight excluding hydrogens is 416 g/mol. The number of hydrogen-bond donors (Lipinski definition) is 2. The molecule has 6 nitrogen and oxygen atoms in total. The van der Waals surface area contributed by atoms with Crippen LogP contribution in [-0.4, -0.2) is 41.7 Å². The molecule has 178 valence electrons. The molecule has 2 aromatic carbocycles. The number of anilines is 1. The molecule has 0 saturated carbocycles. The number of carbonyl (C=O) groups excluding carboxylic acids is 1. The van der Waals surface area contributed by atoms with Crippen LogP contribution in [0.4, 0.5) is 5.69 Å². The molecule has 2 aliphatic rings. The number of rotatable bonds is 6. The van der Waals surface area contributed by atoms with Gasteiger partial charge in [0, 0.05) is 31.1 Å². The van der Waals surface area contributed by atoms with Gasteiger partial charge < -0.3 is 24.8 Å². The van der Waals surface area contributed by atoms with Gasteiger partial charge in [-0.15, -0.1) is 0 Å². The highest BCUT2D eigenvalue weighted by atomic mass is 16.7. The first-order valence-electron chi connectivity index (χ1n) is 12.2. The van der Waals surface area contributed by atoms with Crippen LogP contribution in [0.3, 0.4) is 0 Å². The number of nitrogens with zero attached hydrogens (tertiary/aromatic N) is 1. The van der Waals surface area contributed by atoms with Gasteiger partial charge in [-0.05, 0) is 49.2 Å². The summed E-state index contributed by atoms with van der Waals surface area (Å²) in [6, 6.07) is 15.7. The van der Waals surface area contributed by atoms with Crippen LogP contribution in [0.2, 0.25) is 0 Å². The Bertz CT molecular complexity index is 893. The number of aliphatic hydroxyl groups excluding tert-OH is 1. The average Bonchev–Trinajstić information content (AvgIpc) is 2.80. The molecule has 2 fully saturated rings. The number of amides is 1. The lowest BCUT2D eigenvalue weighted by Crippen LogP contribution is -2.40. The highest BCUT2D eigenvalue weighted by molar-refractivity contribution is 5.88. The van der Waals surface area contributed by atoms with Gasteiger partial charge in [0.25, 0.3) is 0 Å². The largest absolute Gasteiger partial charge is 0.392 e. The van der Waals surface area contributed by atoms with Crippen molar-refractivity contribution in [3.05, 3.63) is 65.2 Å². The van der Waals surface area contributed by atoms with Gasteiger partial charge in [0.15, 0.2) is 6.29 Å². The molecule has 0 radical (unpaired) electrons. The number of nitrogens with one attached hydrogen (secondary N) is 1. The third-order valence-corrected chi connectivity index (χ3v) is 6.50. The van der Waals surface area contributed by atoms with Crippen molar-refractivity contribution in [2.45, 2.75) is 70.6 Å². The molecular formula is C27H36N2O4. The Morgan fingerprint density at radius 3 is 2.42 bits per heavy atom. The molecule has 4 rings (SSSR count). The first kappa shape index (κ1) is 23.9. The van der Waals surface area contributed by atoms with Crippen LogP contribution in [0, 0.1) is 0 Å². The molecule has 2 saturated heterocycles. The normalized spacial score (nSPS) is 24.6. The Morgan fingerprint density at radius 1 is 1.00 bits per heavy atom. The molecule has 3 atom stereocenters. The predicted octanol–water partition coefficient (Wildman–Crippen LogP) is 4.95. The standard InChI is InChI=1S/C27H36N2O4/c1-20(31)28-24-9-7-8-23(16-24)27-32-25(18-29-14-5-3-2-4-6-15-29)17-26(33-27)22-12-10-21(19-30)11-13-22/h7-13,16,25-27,30H,2-6,14-15,17-19H2,1H3,(H,28,31). The maximum Gasteiger partial charge on any atom is 0.221 e. The summed E-state index contributed by atoms with van der Waals surface area (Å²) >= 11 is 0. The van der Waals surface area contributed by atoms with E-state index in [1.165, 1.54) is 39.0 Å². The zero-order chi connectivity index (χ0) is 23.0. The molecule has 0 spiro atoms. The summed E-state index contributed by atoms with van der Waals surface area (Å²) in [5.74, 6) is -0.102. The molecule has 0 aromatic heterocycles. The quantitative estimate of drug-likeness (QED) is 0.649. The second-order valence-electron chi connectivity index (χ2n) is 9.23. The molecule has 2 N–H and O–H groups in total. The molecule has 0 bridgehead atoms. The summed E-state index contributed by atoms with van der Waals surface area (Å²) in [7, 11) is 0. The van der Waals surface area contributed by atoms with E-state index in [0.29, 0.717) is 0 Å². The van der Waals surface area contributed by atoms with Crippen molar-refractivity contribution in [1.82, 2.24) is 4.90 Å². The number of hydrogen-bond acceptors (Lipinski definition) is 5. The van der Waals surface area contributed by atoms with Crippen LogP contribution in [-0.2, 0) is 20.9 Å². The minimum absolute atomic E-state index is 0.0328. The van der Waals surface area contributed by atoms with Gasteiger partial charge in [-0.1, -0.05) is 55.7 Å². The Hall–Kier alpha value is -2.25. The summed E-state index contributed by atoms with van der Waals surface area (Å²) in [5.41, 5.74) is 3.62. The van der Waals surface area contributed by atoms with Crippen LogP contribution in [0.5, 0.6) is 0 Å². The van der Waals surface area contributed by atoms with Crippen molar-refractivity contribution in [3.63, 3.8) is 0 Å². The van der Waals surface area contributed by atoms with Gasteiger partial charge in [0.2, 0.25) is 5.91 Å². The first-order chi connectivity index (χ1) is 16.1. The van der Waals surface area contributed by atoms with E-state index in [2.05, 4.69) is 10.2 Å². The zero-order valence-corrected chi connectivity index (χ0v) is 19.5. The number of likely N-dealkylation sites (tertiary alicyclic amines) is 1. The van der Waals surface area contributed by atoms with E-state index in [1.807, 2.05) is 48.5 Å². The number of ether oxygens (including phenoxy) is 2. The Kier molecular flexibility index (Phi) is 8.51. The van der Waals surface area contributed by atoms with Crippen molar-refractivity contribution in [2.24, 2.45) is 0 Å². The Morgan fingerprint density at radius 2 is 1.73 bits per heavy atom. The highest BCUT2D eigenvalue weighted by Crippen LogP contribution is 2.38. The molecule has 33 heavy (non-hydrogen) atoms. The lowest BCUT2D eigenvalue weighted by Gasteiger charge is -2.39. The minimum atomic E-state index is -0.505. The molecule has 3 unspecified atom stereocenters. The summed E-state index contributed by atoms with van der Waals surface area (Å²) in [6.45, 7) is 4.69. The topological polar surface area (TPSA) is 71.0 Å². The van der Waals surface area contributed by atoms with Gasteiger partial charge in [0.1, 0.15) is 0 Å². The van der Waals surface area contributed by atoms with Gasteiger partial charge >= 0.3 is 0 Å². The maximum atomic E-state index is 11.5. The third kappa shape index (κ3) is 6.87. The Balaban J connectivity index is 1.54. The average molecular weight is 453 g/mol. The van der Waals surface area contributed by atoms with Crippen LogP contribution in [0.1, 0.15) is 74.5 Å². The van der Waals surface area contributed by atoms with E-state index >= 15 is 0 Å². The third-order valence-electron chi connectivity index (χ3n) is 6.50. The minimum Gasteiger partial charge on any atom is -0.392 e. The smallest absolute Gasteiger partial charge is 0.221 e. The summed E-state index contributed by atoms with van der Waals surface area (Å²) in [6.07, 6.45) is 6.70. The van der Waals surface area contributed by atoms with Gasteiger partial charge in [0.05, 0.1) is 18.8 Å². The van der Waals surface area contributed by atoms with Gasteiger partial charge in [-0.25, -0.2) is 0 Å². The molecule has 2 aromatic rings. The Labute approximate surface area is 196 Å². The van der Waals surface area contributed by atoms with Crippen LogP contribution >= 0.6 is 0 Å². The number of benzene rings is 2. The van der Waals surface area contributed by atoms with Gasteiger partial charge in [-0.3, -0.25) is 4.79 Å². The van der Waals surface area contributed by atoms with Crippen molar-refractivity contribution < 1.29 is 19.4 Å². The van der Waals surface area contributed by atoms with Crippen molar-refractivity contribution in [2.75, 3.05) is 25.0 Å². The molecule has 1 amide bonds. The van der Waals surface area contributed by atoms with E-state index in [9.17, 15) is 9.90 Å². The summed E-state index contributed by atoms with van der Waals surface area (Å²) in [4.78, 5) is 14.1.